The average Bonchev–Trinajstić information content (AvgIpc) is 3.04. The third-order valence-corrected chi connectivity index (χ3v) is 4.18. The van der Waals surface area contributed by atoms with E-state index in [0.29, 0.717) is 28.9 Å². The number of aromatic nitrogens is 3. The Morgan fingerprint density at radius 3 is 2.83 bits per heavy atom. The first-order chi connectivity index (χ1) is 11.4. The summed E-state index contributed by atoms with van der Waals surface area (Å²) in [5.41, 5.74) is 1.58. The number of hydrogen-bond donors (Lipinski definition) is 1. The zero-order chi connectivity index (χ0) is 17.7. The standard InChI is InChI=1S/C15H21N5O3S/c1-5-23-14(22)13-10(2)17-15(24-13)18-12(21)9-19(3)7-11-6-16-20(4)8-11/h6,8H,5,7,9H2,1-4H3,(H,17,18,21). The Hall–Kier alpha value is -2.26. The number of nitrogens with zero attached hydrogens (tertiary/aromatic N) is 4. The van der Waals surface area contributed by atoms with Crippen molar-refractivity contribution < 1.29 is 14.3 Å². The average molecular weight is 351 g/mol. The lowest BCUT2D eigenvalue weighted by Crippen LogP contribution is -2.29. The van der Waals surface area contributed by atoms with Crippen molar-refractivity contribution in [3.63, 3.8) is 0 Å². The molecule has 2 heterocycles. The van der Waals surface area contributed by atoms with Crippen molar-refractivity contribution in [2.24, 2.45) is 7.05 Å². The minimum absolute atomic E-state index is 0.189. The van der Waals surface area contributed by atoms with Gasteiger partial charge >= 0.3 is 5.97 Å². The highest BCUT2D eigenvalue weighted by molar-refractivity contribution is 7.17. The first-order valence-electron chi connectivity index (χ1n) is 7.49. The van der Waals surface area contributed by atoms with Gasteiger partial charge in [0.15, 0.2) is 5.13 Å². The largest absolute Gasteiger partial charge is 0.462 e. The molecule has 0 spiro atoms. The Labute approximate surface area is 144 Å². The van der Waals surface area contributed by atoms with Crippen LogP contribution in [0.15, 0.2) is 12.4 Å². The summed E-state index contributed by atoms with van der Waals surface area (Å²) in [5.74, 6) is -0.604. The van der Waals surface area contributed by atoms with Crippen molar-refractivity contribution in [2.75, 3.05) is 25.5 Å². The van der Waals surface area contributed by atoms with Crippen LogP contribution in [-0.2, 0) is 23.1 Å². The van der Waals surface area contributed by atoms with Gasteiger partial charge in [-0.1, -0.05) is 11.3 Å². The molecule has 0 fully saturated rings. The molecule has 0 atom stereocenters. The molecule has 0 saturated carbocycles. The molecule has 2 aromatic rings. The molecule has 0 unspecified atom stereocenters. The lowest BCUT2D eigenvalue weighted by atomic mass is 10.3. The molecule has 24 heavy (non-hydrogen) atoms. The molecule has 0 aromatic carbocycles. The van der Waals surface area contributed by atoms with E-state index in [0.717, 1.165) is 16.9 Å². The number of nitrogens with one attached hydrogen (secondary N) is 1. The number of amides is 1. The Morgan fingerprint density at radius 2 is 2.21 bits per heavy atom. The van der Waals surface area contributed by atoms with E-state index < -0.39 is 5.97 Å². The van der Waals surface area contributed by atoms with Gasteiger partial charge in [-0.15, -0.1) is 0 Å². The summed E-state index contributed by atoms with van der Waals surface area (Å²) in [6.07, 6.45) is 3.68. The van der Waals surface area contributed by atoms with E-state index in [1.54, 1.807) is 24.7 Å². The highest BCUT2D eigenvalue weighted by atomic mass is 32.1. The van der Waals surface area contributed by atoms with E-state index in [1.165, 1.54) is 0 Å². The Morgan fingerprint density at radius 1 is 1.46 bits per heavy atom. The molecule has 1 N–H and O–H groups in total. The molecule has 0 aliphatic rings. The van der Waals surface area contributed by atoms with Crippen molar-refractivity contribution in [3.8, 4) is 0 Å². The molecule has 130 valence electrons. The lowest BCUT2D eigenvalue weighted by Gasteiger charge is -2.14. The van der Waals surface area contributed by atoms with Crippen LogP contribution in [0.25, 0.3) is 0 Å². The quantitative estimate of drug-likeness (QED) is 0.759. The van der Waals surface area contributed by atoms with Crippen molar-refractivity contribution in [1.82, 2.24) is 19.7 Å². The third-order valence-electron chi connectivity index (χ3n) is 3.13. The normalized spacial score (nSPS) is 10.9. The second-order valence-corrected chi connectivity index (χ2v) is 6.40. The first kappa shape index (κ1) is 18.1. The van der Waals surface area contributed by atoms with Gasteiger partial charge in [0.1, 0.15) is 4.88 Å². The van der Waals surface area contributed by atoms with Crippen molar-refractivity contribution in [2.45, 2.75) is 20.4 Å². The maximum Gasteiger partial charge on any atom is 0.350 e. The highest BCUT2D eigenvalue weighted by Gasteiger charge is 2.18. The van der Waals surface area contributed by atoms with Gasteiger partial charge in [0.2, 0.25) is 5.91 Å². The highest BCUT2D eigenvalue weighted by Crippen LogP contribution is 2.23. The van der Waals surface area contributed by atoms with E-state index in [9.17, 15) is 9.59 Å². The Balaban J connectivity index is 1.90. The molecule has 0 radical (unpaired) electrons. The summed E-state index contributed by atoms with van der Waals surface area (Å²) in [6, 6.07) is 0. The van der Waals surface area contributed by atoms with Gasteiger partial charge in [-0.2, -0.15) is 5.10 Å². The first-order valence-corrected chi connectivity index (χ1v) is 8.31. The minimum atomic E-state index is -0.415. The minimum Gasteiger partial charge on any atom is -0.462 e. The molecular formula is C15H21N5O3S. The fraction of sp³-hybridized carbons (Fsp3) is 0.467. The maximum absolute atomic E-state index is 12.1. The van der Waals surface area contributed by atoms with Gasteiger partial charge in [0.25, 0.3) is 0 Å². The molecule has 0 bridgehead atoms. The molecule has 2 rings (SSSR count). The molecular weight excluding hydrogens is 330 g/mol. The SMILES string of the molecule is CCOC(=O)c1sc(NC(=O)CN(C)Cc2cnn(C)c2)nc1C. The van der Waals surface area contributed by atoms with E-state index >= 15 is 0 Å². The molecule has 2 aromatic heterocycles. The van der Waals surface area contributed by atoms with Crippen LogP contribution in [0.1, 0.15) is 27.9 Å². The van der Waals surface area contributed by atoms with Crippen LogP contribution in [0.4, 0.5) is 5.13 Å². The maximum atomic E-state index is 12.1. The van der Waals surface area contributed by atoms with Crippen molar-refractivity contribution in [1.29, 1.82) is 0 Å². The van der Waals surface area contributed by atoms with Gasteiger partial charge in [0, 0.05) is 25.4 Å². The van der Waals surface area contributed by atoms with Crippen molar-refractivity contribution in [3.05, 3.63) is 28.5 Å². The number of carbonyl (C=O) groups excluding carboxylic acids is 2. The molecule has 8 nitrogen and oxygen atoms in total. The van der Waals surface area contributed by atoms with Gasteiger partial charge in [0.05, 0.1) is 25.0 Å². The predicted molar refractivity (Wildman–Crippen MR) is 91.0 cm³/mol. The number of ether oxygens (including phenoxy) is 1. The van der Waals surface area contributed by atoms with E-state index in [2.05, 4.69) is 15.4 Å². The molecule has 0 aliphatic heterocycles. The van der Waals surface area contributed by atoms with E-state index in [4.69, 9.17) is 4.74 Å². The predicted octanol–water partition coefficient (Wildman–Crippen LogP) is 1.43. The third kappa shape index (κ3) is 4.87. The fourth-order valence-corrected chi connectivity index (χ4v) is 3.04. The number of thiazole rings is 1. The van der Waals surface area contributed by atoms with Gasteiger partial charge < -0.3 is 10.1 Å². The van der Waals surface area contributed by atoms with Gasteiger partial charge in [-0.25, -0.2) is 9.78 Å². The second-order valence-electron chi connectivity index (χ2n) is 5.40. The van der Waals surface area contributed by atoms with E-state index in [-0.39, 0.29) is 12.5 Å². The molecule has 9 heteroatoms. The van der Waals surface area contributed by atoms with Crippen LogP contribution < -0.4 is 5.32 Å². The number of anilines is 1. The van der Waals surface area contributed by atoms with Gasteiger partial charge in [-0.3, -0.25) is 14.4 Å². The van der Waals surface area contributed by atoms with Crippen LogP contribution in [0.3, 0.4) is 0 Å². The lowest BCUT2D eigenvalue weighted by molar-refractivity contribution is -0.117. The monoisotopic (exact) mass is 351 g/mol. The number of carbonyl (C=O) groups is 2. The van der Waals surface area contributed by atoms with Gasteiger partial charge in [-0.05, 0) is 20.9 Å². The van der Waals surface area contributed by atoms with Crippen LogP contribution in [0.5, 0.6) is 0 Å². The van der Waals surface area contributed by atoms with Crippen LogP contribution in [-0.4, -0.2) is 51.7 Å². The Bertz CT molecular complexity index is 725. The molecule has 0 saturated heterocycles. The topological polar surface area (TPSA) is 89.4 Å². The molecule has 0 aliphatic carbocycles. The summed E-state index contributed by atoms with van der Waals surface area (Å²) in [6.45, 7) is 4.59. The van der Waals surface area contributed by atoms with Crippen LogP contribution in [0.2, 0.25) is 0 Å². The number of esters is 1. The second kappa shape index (κ2) is 8.02. The summed E-state index contributed by atoms with van der Waals surface area (Å²) >= 11 is 1.12. The smallest absolute Gasteiger partial charge is 0.350 e. The molecule has 1 amide bonds. The Kier molecular flexibility index (Phi) is 6.04. The fourth-order valence-electron chi connectivity index (χ4n) is 2.16. The number of likely N-dealkylation sites (N-methyl/N-ethyl adjacent to an activating group) is 1. The van der Waals surface area contributed by atoms with E-state index in [1.807, 2.05) is 25.2 Å². The zero-order valence-electron chi connectivity index (χ0n) is 14.2. The number of aryl methyl sites for hydroxylation is 2. The van der Waals surface area contributed by atoms with Crippen LogP contribution in [0, 0.1) is 6.92 Å². The zero-order valence-corrected chi connectivity index (χ0v) is 15.0. The number of rotatable bonds is 7. The summed E-state index contributed by atoms with van der Waals surface area (Å²) in [4.78, 5) is 30.4. The number of hydrogen-bond acceptors (Lipinski definition) is 7. The van der Waals surface area contributed by atoms with Crippen LogP contribution >= 0.6 is 11.3 Å². The summed E-state index contributed by atoms with van der Waals surface area (Å²) < 4.78 is 6.68. The van der Waals surface area contributed by atoms with Crippen molar-refractivity contribution >= 4 is 28.3 Å². The summed E-state index contributed by atoms with van der Waals surface area (Å²) in [7, 11) is 3.70. The summed E-state index contributed by atoms with van der Waals surface area (Å²) in [5, 5.41) is 7.22.